The first-order valence-corrected chi connectivity index (χ1v) is 7.83. The lowest BCUT2D eigenvalue weighted by Crippen LogP contribution is -2.29. The molecule has 23 heavy (non-hydrogen) atoms. The summed E-state index contributed by atoms with van der Waals surface area (Å²) in [5, 5.41) is 7.77. The van der Waals surface area contributed by atoms with E-state index in [0.717, 1.165) is 11.0 Å². The largest absolute Gasteiger partial charge is 0.341 e. The van der Waals surface area contributed by atoms with Crippen molar-refractivity contribution in [2.75, 3.05) is 0 Å². The summed E-state index contributed by atoms with van der Waals surface area (Å²) < 4.78 is 1.69. The lowest BCUT2D eigenvalue weighted by Gasteiger charge is -2.14. The molecule has 0 bridgehead atoms. The van der Waals surface area contributed by atoms with Crippen molar-refractivity contribution in [2.45, 2.75) is 32.9 Å². The summed E-state index contributed by atoms with van der Waals surface area (Å²) in [5.74, 6) is 0.508. The number of imidazole rings is 1. The predicted molar refractivity (Wildman–Crippen MR) is 89.6 cm³/mol. The van der Waals surface area contributed by atoms with E-state index in [9.17, 15) is 4.79 Å². The van der Waals surface area contributed by atoms with Crippen LogP contribution in [-0.4, -0.2) is 25.7 Å². The number of nitrogens with one attached hydrogen (secondary N) is 2. The number of halogens is 1. The first kappa shape index (κ1) is 15.6. The van der Waals surface area contributed by atoms with Crippen molar-refractivity contribution in [3.8, 4) is 0 Å². The lowest BCUT2D eigenvalue weighted by atomic mass is 10.3. The molecule has 0 fully saturated rings. The molecule has 2 N–H and O–H groups in total. The number of carbonyl (C=O) groups is 1. The second-order valence-corrected chi connectivity index (χ2v) is 6.17. The fourth-order valence-electron chi connectivity index (χ4n) is 2.45. The summed E-state index contributed by atoms with van der Waals surface area (Å²) in [4.78, 5) is 20.1. The molecule has 6 nitrogen and oxygen atoms in total. The average molecular weight is 332 g/mol. The third-order valence-corrected chi connectivity index (χ3v) is 3.85. The monoisotopic (exact) mass is 331 g/mol. The van der Waals surface area contributed by atoms with Gasteiger partial charge < -0.3 is 10.3 Å². The average Bonchev–Trinajstić information content (AvgIpc) is 3.13. The van der Waals surface area contributed by atoms with E-state index in [1.54, 1.807) is 23.0 Å². The fourth-order valence-corrected chi connectivity index (χ4v) is 2.62. The Labute approximate surface area is 138 Å². The second kappa shape index (κ2) is 6.04. The van der Waals surface area contributed by atoms with Gasteiger partial charge in [-0.3, -0.25) is 9.48 Å². The van der Waals surface area contributed by atoms with Crippen molar-refractivity contribution >= 4 is 28.5 Å². The molecule has 120 valence electrons. The van der Waals surface area contributed by atoms with Gasteiger partial charge >= 0.3 is 0 Å². The van der Waals surface area contributed by atoms with Crippen molar-refractivity contribution < 1.29 is 4.79 Å². The van der Waals surface area contributed by atoms with E-state index in [0.29, 0.717) is 16.5 Å². The number of hydrogen-bond donors (Lipinski definition) is 2. The molecule has 7 heteroatoms. The third-order valence-electron chi connectivity index (χ3n) is 3.61. The summed E-state index contributed by atoms with van der Waals surface area (Å²) in [6, 6.07) is 7.02. The molecule has 1 amide bonds. The van der Waals surface area contributed by atoms with Gasteiger partial charge in [0.05, 0.1) is 17.1 Å². The van der Waals surface area contributed by atoms with Crippen LogP contribution in [0.2, 0.25) is 5.02 Å². The fraction of sp³-hybridized carbons (Fsp3) is 0.312. The normalized spacial score (nSPS) is 12.7. The van der Waals surface area contributed by atoms with Crippen molar-refractivity contribution in [2.24, 2.45) is 0 Å². The molecule has 0 saturated carbocycles. The topological polar surface area (TPSA) is 75.6 Å². The molecule has 0 aliphatic rings. The molecule has 1 atom stereocenters. The minimum absolute atomic E-state index is 0.120. The maximum absolute atomic E-state index is 12.4. The highest BCUT2D eigenvalue weighted by Crippen LogP contribution is 2.20. The van der Waals surface area contributed by atoms with E-state index in [2.05, 4.69) is 20.4 Å². The van der Waals surface area contributed by atoms with Crippen LogP contribution in [0.4, 0.5) is 0 Å². The van der Waals surface area contributed by atoms with Crippen molar-refractivity contribution in [1.82, 2.24) is 25.1 Å². The van der Waals surface area contributed by atoms with Crippen LogP contribution >= 0.6 is 11.6 Å². The van der Waals surface area contributed by atoms with Crippen molar-refractivity contribution in [1.29, 1.82) is 0 Å². The van der Waals surface area contributed by atoms with Gasteiger partial charge in [-0.15, -0.1) is 0 Å². The van der Waals surface area contributed by atoms with Crippen molar-refractivity contribution in [3.63, 3.8) is 0 Å². The molecule has 0 unspecified atom stereocenters. The first-order chi connectivity index (χ1) is 11.0. The van der Waals surface area contributed by atoms with Crippen LogP contribution in [0.1, 0.15) is 49.2 Å². The Morgan fingerprint density at radius 1 is 1.30 bits per heavy atom. The van der Waals surface area contributed by atoms with Gasteiger partial charge in [0.2, 0.25) is 0 Å². The molecule has 0 aliphatic carbocycles. The van der Waals surface area contributed by atoms with Crippen LogP contribution in [0.25, 0.3) is 11.0 Å². The minimum atomic E-state index is -0.260. The van der Waals surface area contributed by atoms with Gasteiger partial charge in [-0.05, 0) is 45.0 Å². The zero-order valence-corrected chi connectivity index (χ0v) is 13.9. The molecule has 0 saturated heterocycles. The Hall–Kier alpha value is -2.34. The second-order valence-electron chi connectivity index (χ2n) is 5.73. The van der Waals surface area contributed by atoms with Gasteiger partial charge in [0.25, 0.3) is 5.91 Å². The van der Waals surface area contributed by atoms with Gasteiger partial charge in [0, 0.05) is 17.3 Å². The quantitative estimate of drug-likeness (QED) is 0.768. The van der Waals surface area contributed by atoms with Gasteiger partial charge in [0.15, 0.2) is 0 Å². The molecule has 2 aromatic heterocycles. The molecule has 0 radical (unpaired) electrons. The van der Waals surface area contributed by atoms with Gasteiger partial charge in [-0.2, -0.15) is 5.10 Å². The van der Waals surface area contributed by atoms with Crippen LogP contribution in [0, 0.1) is 0 Å². The van der Waals surface area contributed by atoms with Crippen LogP contribution in [0.5, 0.6) is 0 Å². The van der Waals surface area contributed by atoms with Crippen LogP contribution in [0.15, 0.2) is 30.5 Å². The smallest absolute Gasteiger partial charge is 0.270 e. The number of nitrogens with zero attached hydrogens (tertiary/aromatic N) is 3. The summed E-state index contributed by atoms with van der Waals surface area (Å²) in [5.41, 5.74) is 2.20. The van der Waals surface area contributed by atoms with Gasteiger partial charge in [0.1, 0.15) is 11.5 Å². The molecule has 2 heterocycles. The number of H-pyrrole nitrogens is 1. The van der Waals surface area contributed by atoms with E-state index in [4.69, 9.17) is 11.6 Å². The molecule has 3 aromatic rings. The molecule has 1 aromatic carbocycles. The molecule has 3 rings (SSSR count). The van der Waals surface area contributed by atoms with Crippen LogP contribution in [-0.2, 0) is 0 Å². The number of carbonyl (C=O) groups excluding carboxylic acids is 1. The summed E-state index contributed by atoms with van der Waals surface area (Å²) in [6.45, 7) is 5.85. The highest BCUT2D eigenvalue weighted by atomic mass is 35.5. The van der Waals surface area contributed by atoms with Crippen LogP contribution in [0.3, 0.4) is 0 Å². The van der Waals surface area contributed by atoms with E-state index < -0.39 is 0 Å². The van der Waals surface area contributed by atoms with Crippen LogP contribution < -0.4 is 5.32 Å². The van der Waals surface area contributed by atoms with E-state index in [1.165, 1.54) is 0 Å². The molecule has 0 aliphatic heterocycles. The van der Waals surface area contributed by atoms with E-state index in [-0.39, 0.29) is 18.0 Å². The number of benzene rings is 1. The molecule has 0 spiro atoms. The summed E-state index contributed by atoms with van der Waals surface area (Å²) in [7, 11) is 0. The Balaban J connectivity index is 1.81. The maximum Gasteiger partial charge on any atom is 0.270 e. The number of hydrogen-bond acceptors (Lipinski definition) is 3. The van der Waals surface area contributed by atoms with Gasteiger partial charge in [-0.25, -0.2) is 4.98 Å². The van der Waals surface area contributed by atoms with Gasteiger partial charge in [-0.1, -0.05) is 11.6 Å². The Morgan fingerprint density at radius 2 is 2.09 bits per heavy atom. The zero-order valence-electron chi connectivity index (χ0n) is 13.2. The van der Waals surface area contributed by atoms with Crippen molar-refractivity contribution in [3.05, 3.63) is 47.0 Å². The Morgan fingerprint density at radius 3 is 2.83 bits per heavy atom. The molecular weight excluding hydrogens is 314 g/mol. The maximum atomic E-state index is 12.4. The SMILES string of the molecule is CC(C)n1nccc1C(=O)N[C@H](C)c1nc2ccc(Cl)cc2[nH]1. The lowest BCUT2D eigenvalue weighted by molar-refractivity contribution is 0.0925. The standard InChI is InChI=1S/C16H18ClN5O/c1-9(2)22-14(6-7-18-22)16(23)19-10(3)15-20-12-5-4-11(17)8-13(12)21-15/h4-10H,1-3H3,(H,19,23)(H,20,21)/t10-/m1/s1. The number of aromatic amines is 1. The summed E-state index contributed by atoms with van der Waals surface area (Å²) >= 11 is 5.98. The number of rotatable bonds is 4. The number of amides is 1. The van der Waals surface area contributed by atoms with E-state index in [1.807, 2.05) is 32.9 Å². The Bertz CT molecular complexity index is 851. The third kappa shape index (κ3) is 3.07. The number of aromatic nitrogens is 4. The predicted octanol–water partition coefficient (Wildman–Crippen LogP) is 3.48. The molecular formula is C16H18ClN5O. The Kier molecular flexibility index (Phi) is 4.09. The zero-order chi connectivity index (χ0) is 16.6. The highest BCUT2D eigenvalue weighted by molar-refractivity contribution is 6.31. The first-order valence-electron chi connectivity index (χ1n) is 7.45. The summed E-state index contributed by atoms with van der Waals surface area (Å²) in [6.07, 6.45) is 1.63. The number of fused-ring (bicyclic) bond motifs is 1. The minimum Gasteiger partial charge on any atom is -0.341 e. The van der Waals surface area contributed by atoms with E-state index >= 15 is 0 Å². The highest BCUT2D eigenvalue weighted by Gasteiger charge is 2.18.